The summed E-state index contributed by atoms with van der Waals surface area (Å²) < 4.78 is 10.8. The molecule has 1 aromatic rings. The van der Waals surface area contributed by atoms with Gasteiger partial charge < -0.3 is 14.8 Å². The van der Waals surface area contributed by atoms with E-state index in [9.17, 15) is 0 Å². The lowest BCUT2D eigenvalue weighted by Crippen LogP contribution is -2.45. The van der Waals surface area contributed by atoms with Gasteiger partial charge in [-0.15, -0.1) is 0 Å². The molecule has 20 heavy (non-hydrogen) atoms. The molecule has 0 radical (unpaired) electrons. The summed E-state index contributed by atoms with van der Waals surface area (Å²) in [6.45, 7) is 6.19. The molecule has 1 aliphatic heterocycles. The van der Waals surface area contributed by atoms with Crippen LogP contribution in [-0.4, -0.2) is 49.8 Å². The second-order valence-electron chi connectivity index (χ2n) is 5.06. The second-order valence-corrected chi connectivity index (χ2v) is 5.06. The van der Waals surface area contributed by atoms with Crippen molar-refractivity contribution in [2.24, 2.45) is 0 Å². The Balaban J connectivity index is 2.14. The molecule has 0 bridgehead atoms. The molecule has 1 saturated heterocycles. The van der Waals surface area contributed by atoms with Gasteiger partial charge in [0.1, 0.15) is 5.69 Å². The third kappa shape index (κ3) is 3.41. The van der Waals surface area contributed by atoms with E-state index in [0.717, 1.165) is 43.4 Å². The summed E-state index contributed by atoms with van der Waals surface area (Å²) in [6.07, 6.45) is 4.26. The Kier molecular flexibility index (Phi) is 5.61. The number of rotatable bonds is 6. The largest absolute Gasteiger partial charge is 0.493 e. The molecule has 1 fully saturated rings. The molecule has 0 aliphatic carbocycles. The minimum Gasteiger partial charge on any atom is -0.493 e. The highest BCUT2D eigenvalue weighted by Gasteiger charge is 2.22. The summed E-state index contributed by atoms with van der Waals surface area (Å²) >= 11 is 0. The topological polar surface area (TPSA) is 46.6 Å². The molecule has 0 saturated carbocycles. The minimum absolute atomic E-state index is 0.575. The minimum atomic E-state index is 0.575. The van der Waals surface area contributed by atoms with Crippen LogP contribution in [0.2, 0.25) is 0 Å². The van der Waals surface area contributed by atoms with Crippen molar-refractivity contribution < 1.29 is 9.47 Å². The summed E-state index contributed by atoms with van der Waals surface area (Å²) in [5.74, 6) is 1.49. The first kappa shape index (κ1) is 15.1. The van der Waals surface area contributed by atoms with Gasteiger partial charge in [0.05, 0.1) is 14.2 Å². The van der Waals surface area contributed by atoms with E-state index in [1.807, 2.05) is 6.07 Å². The van der Waals surface area contributed by atoms with E-state index >= 15 is 0 Å². The summed E-state index contributed by atoms with van der Waals surface area (Å²) in [7, 11) is 3.33. The van der Waals surface area contributed by atoms with Crippen LogP contribution in [0.1, 0.15) is 25.5 Å². The fraction of sp³-hybridized carbons (Fsp3) is 0.667. The molecule has 2 rings (SSSR count). The van der Waals surface area contributed by atoms with Crippen molar-refractivity contribution >= 4 is 0 Å². The van der Waals surface area contributed by atoms with Gasteiger partial charge in [-0.2, -0.15) is 0 Å². The van der Waals surface area contributed by atoms with E-state index in [-0.39, 0.29) is 0 Å². The van der Waals surface area contributed by atoms with Gasteiger partial charge in [-0.3, -0.25) is 9.88 Å². The Hall–Kier alpha value is -1.33. The SMILES string of the molecule is CCN(Cc1nccc(OC)c1OC)C1CCCNC1. The van der Waals surface area contributed by atoms with Crippen molar-refractivity contribution in [1.82, 2.24) is 15.2 Å². The van der Waals surface area contributed by atoms with E-state index < -0.39 is 0 Å². The van der Waals surface area contributed by atoms with Crippen LogP contribution in [0.5, 0.6) is 11.5 Å². The maximum atomic E-state index is 5.47. The van der Waals surface area contributed by atoms with Crippen LogP contribution < -0.4 is 14.8 Å². The molecule has 1 aromatic heterocycles. The van der Waals surface area contributed by atoms with Crippen molar-refractivity contribution in [2.75, 3.05) is 33.9 Å². The normalized spacial score (nSPS) is 19.1. The van der Waals surface area contributed by atoms with Gasteiger partial charge in [-0.05, 0) is 25.9 Å². The van der Waals surface area contributed by atoms with Crippen molar-refractivity contribution in [2.45, 2.75) is 32.4 Å². The molecule has 1 N–H and O–H groups in total. The van der Waals surface area contributed by atoms with E-state index in [2.05, 4.69) is 22.1 Å². The van der Waals surface area contributed by atoms with Crippen molar-refractivity contribution in [1.29, 1.82) is 0 Å². The van der Waals surface area contributed by atoms with Gasteiger partial charge in [0, 0.05) is 31.4 Å². The predicted octanol–water partition coefficient (Wildman–Crippen LogP) is 1.67. The standard InChI is InChI=1S/C15H25N3O2/c1-4-18(12-6-5-8-16-10-12)11-13-15(20-3)14(19-2)7-9-17-13/h7,9,12,16H,4-6,8,10-11H2,1-3H3. The number of methoxy groups -OCH3 is 2. The van der Waals surface area contributed by atoms with Crippen LogP contribution in [0.15, 0.2) is 12.3 Å². The lowest BCUT2D eigenvalue weighted by atomic mass is 10.1. The first-order valence-corrected chi connectivity index (χ1v) is 7.30. The van der Waals surface area contributed by atoms with E-state index in [4.69, 9.17) is 9.47 Å². The fourth-order valence-corrected chi connectivity index (χ4v) is 2.80. The number of hydrogen-bond donors (Lipinski definition) is 1. The smallest absolute Gasteiger partial charge is 0.183 e. The lowest BCUT2D eigenvalue weighted by Gasteiger charge is -2.33. The van der Waals surface area contributed by atoms with Crippen LogP contribution in [0.25, 0.3) is 0 Å². The van der Waals surface area contributed by atoms with Gasteiger partial charge in [0.2, 0.25) is 0 Å². The summed E-state index contributed by atoms with van der Waals surface area (Å²) in [6, 6.07) is 2.41. The summed E-state index contributed by atoms with van der Waals surface area (Å²) in [4.78, 5) is 6.93. The number of nitrogens with one attached hydrogen (secondary N) is 1. The quantitative estimate of drug-likeness (QED) is 0.858. The van der Waals surface area contributed by atoms with Gasteiger partial charge in [-0.25, -0.2) is 0 Å². The average Bonchev–Trinajstić information content (AvgIpc) is 2.52. The van der Waals surface area contributed by atoms with Gasteiger partial charge >= 0.3 is 0 Å². The molecule has 0 amide bonds. The molecule has 1 aliphatic rings. The van der Waals surface area contributed by atoms with Gasteiger partial charge in [0.25, 0.3) is 0 Å². The van der Waals surface area contributed by atoms with E-state index in [1.54, 1.807) is 20.4 Å². The maximum Gasteiger partial charge on any atom is 0.183 e. The van der Waals surface area contributed by atoms with Crippen LogP contribution in [0.3, 0.4) is 0 Å². The molecular formula is C15H25N3O2. The molecule has 0 spiro atoms. The van der Waals surface area contributed by atoms with Crippen molar-refractivity contribution in [3.63, 3.8) is 0 Å². The van der Waals surface area contributed by atoms with E-state index in [0.29, 0.717) is 6.04 Å². The summed E-state index contributed by atoms with van der Waals surface area (Å²) in [5.41, 5.74) is 0.944. The summed E-state index contributed by atoms with van der Waals surface area (Å²) in [5, 5.41) is 3.47. The zero-order chi connectivity index (χ0) is 14.4. The highest BCUT2D eigenvalue weighted by molar-refractivity contribution is 5.42. The molecule has 5 nitrogen and oxygen atoms in total. The Morgan fingerprint density at radius 3 is 2.85 bits per heavy atom. The zero-order valence-corrected chi connectivity index (χ0v) is 12.7. The number of ether oxygens (including phenoxy) is 2. The number of likely N-dealkylation sites (N-methyl/N-ethyl adjacent to an activating group) is 1. The zero-order valence-electron chi connectivity index (χ0n) is 12.7. The van der Waals surface area contributed by atoms with Gasteiger partial charge in [-0.1, -0.05) is 6.92 Å². The fourth-order valence-electron chi connectivity index (χ4n) is 2.80. The van der Waals surface area contributed by atoms with Crippen LogP contribution in [0, 0.1) is 0 Å². The first-order chi connectivity index (χ1) is 9.80. The molecule has 1 unspecified atom stereocenters. The van der Waals surface area contributed by atoms with Gasteiger partial charge in [0.15, 0.2) is 11.5 Å². The Morgan fingerprint density at radius 1 is 1.40 bits per heavy atom. The van der Waals surface area contributed by atoms with Crippen LogP contribution >= 0.6 is 0 Å². The van der Waals surface area contributed by atoms with Crippen molar-refractivity contribution in [3.05, 3.63) is 18.0 Å². The Bertz CT molecular complexity index is 420. The lowest BCUT2D eigenvalue weighted by molar-refractivity contribution is 0.162. The molecule has 1 atom stereocenters. The molecule has 0 aromatic carbocycles. The average molecular weight is 279 g/mol. The highest BCUT2D eigenvalue weighted by Crippen LogP contribution is 2.30. The molecule has 112 valence electrons. The third-order valence-corrected chi connectivity index (χ3v) is 3.91. The Morgan fingerprint density at radius 2 is 2.25 bits per heavy atom. The number of aromatic nitrogens is 1. The first-order valence-electron chi connectivity index (χ1n) is 7.30. The highest BCUT2D eigenvalue weighted by atomic mass is 16.5. The molecular weight excluding hydrogens is 254 g/mol. The number of nitrogens with zero attached hydrogens (tertiary/aromatic N) is 2. The van der Waals surface area contributed by atoms with Crippen LogP contribution in [0.4, 0.5) is 0 Å². The maximum absolute atomic E-state index is 5.47. The third-order valence-electron chi connectivity index (χ3n) is 3.91. The van der Waals surface area contributed by atoms with E-state index in [1.165, 1.54) is 12.8 Å². The monoisotopic (exact) mass is 279 g/mol. The number of piperidine rings is 1. The van der Waals surface area contributed by atoms with Crippen molar-refractivity contribution in [3.8, 4) is 11.5 Å². The molecule has 2 heterocycles. The predicted molar refractivity (Wildman–Crippen MR) is 79.3 cm³/mol. The Labute approximate surface area is 121 Å². The van der Waals surface area contributed by atoms with Crippen LogP contribution in [-0.2, 0) is 6.54 Å². The number of pyridine rings is 1. The number of hydrogen-bond acceptors (Lipinski definition) is 5. The second kappa shape index (κ2) is 7.45. The molecule has 5 heteroatoms.